The smallest absolute Gasteiger partial charge is 0.137 e. The summed E-state index contributed by atoms with van der Waals surface area (Å²) in [7, 11) is 0. The van der Waals surface area contributed by atoms with Crippen molar-refractivity contribution in [3.63, 3.8) is 0 Å². The molecule has 4 aliphatic carbocycles. The van der Waals surface area contributed by atoms with Crippen LogP contribution in [0.15, 0.2) is 144 Å². The molecule has 7 aromatic rings. The number of hydrogen-bond acceptors (Lipinski definition) is 2. The minimum absolute atomic E-state index is 0.0102. The zero-order chi connectivity index (χ0) is 36.9. The SMILES string of the molecule is CC1C(N(c2ccc3c(c2)C(C)(C)c2ccccc2-3)c2cccc3oc4cc5c(cc4c23)-c2ccccc2C5(C)C)=CC=C2c3ccccc3C(C)(C)C21. The molecule has 0 bridgehead atoms. The highest BCUT2D eigenvalue weighted by atomic mass is 16.3. The third kappa shape index (κ3) is 3.96. The number of hydrogen-bond donors (Lipinski definition) is 0. The van der Waals surface area contributed by atoms with Gasteiger partial charge < -0.3 is 9.32 Å². The van der Waals surface area contributed by atoms with E-state index in [0.29, 0.717) is 5.92 Å². The molecule has 2 nitrogen and oxygen atoms in total. The Morgan fingerprint density at radius 2 is 1.13 bits per heavy atom. The molecule has 2 unspecified atom stereocenters. The van der Waals surface area contributed by atoms with Gasteiger partial charge in [0.1, 0.15) is 11.2 Å². The molecule has 54 heavy (non-hydrogen) atoms. The van der Waals surface area contributed by atoms with Gasteiger partial charge in [0, 0.05) is 39.4 Å². The molecule has 1 aromatic heterocycles. The highest BCUT2D eigenvalue weighted by Gasteiger charge is 2.48. The molecule has 6 aromatic carbocycles. The first-order valence-electron chi connectivity index (χ1n) is 19.6. The van der Waals surface area contributed by atoms with Gasteiger partial charge in [0.25, 0.3) is 0 Å². The second-order valence-electron chi connectivity index (χ2n) is 17.8. The van der Waals surface area contributed by atoms with Crippen molar-refractivity contribution in [3.8, 4) is 22.3 Å². The molecule has 1 heterocycles. The van der Waals surface area contributed by atoms with E-state index in [1.54, 1.807) is 0 Å². The van der Waals surface area contributed by atoms with E-state index < -0.39 is 0 Å². The van der Waals surface area contributed by atoms with Gasteiger partial charge in [-0.1, -0.05) is 139 Å². The van der Waals surface area contributed by atoms with E-state index >= 15 is 0 Å². The van der Waals surface area contributed by atoms with Crippen LogP contribution in [0.1, 0.15) is 81.8 Å². The maximum Gasteiger partial charge on any atom is 0.137 e. The second-order valence-corrected chi connectivity index (χ2v) is 17.8. The molecule has 0 fully saturated rings. The Morgan fingerprint density at radius 1 is 0.519 bits per heavy atom. The van der Waals surface area contributed by atoms with Gasteiger partial charge >= 0.3 is 0 Å². The Balaban J connectivity index is 1.17. The molecule has 11 rings (SSSR count). The van der Waals surface area contributed by atoms with Gasteiger partial charge in [-0.15, -0.1) is 0 Å². The number of allylic oxidation sites excluding steroid dienone is 4. The van der Waals surface area contributed by atoms with Crippen molar-refractivity contribution in [2.75, 3.05) is 4.90 Å². The van der Waals surface area contributed by atoms with Crippen LogP contribution in [0.2, 0.25) is 0 Å². The van der Waals surface area contributed by atoms with Crippen molar-refractivity contribution in [1.29, 1.82) is 0 Å². The molecule has 0 amide bonds. The summed E-state index contributed by atoms with van der Waals surface area (Å²) in [6.07, 6.45) is 4.84. The van der Waals surface area contributed by atoms with E-state index in [-0.39, 0.29) is 22.2 Å². The number of furan rings is 1. The highest BCUT2D eigenvalue weighted by Crippen LogP contribution is 2.59. The van der Waals surface area contributed by atoms with Crippen LogP contribution in [-0.2, 0) is 16.2 Å². The predicted octanol–water partition coefficient (Wildman–Crippen LogP) is 13.9. The van der Waals surface area contributed by atoms with Gasteiger partial charge in [0.15, 0.2) is 0 Å². The third-order valence-corrected chi connectivity index (χ3v) is 13.9. The maximum atomic E-state index is 6.85. The molecule has 0 radical (unpaired) electrons. The fraction of sp³-hybridized carbons (Fsp3) is 0.231. The zero-order valence-electron chi connectivity index (χ0n) is 32.2. The predicted molar refractivity (Wildman–Crippen MR) is 226 cm³/mol. The van der Waals surface area contributed by atoms with Crippen molar-refractivity contribution >= 4 is 38.9 Å². The topological polar surface area (TPSA) is 16.4 Å². The molecule has 0 spiro atoms. The second kappa shape index (κ2) is 10.5. The van der Waals surface area contributed by atoms with Crippen LogP contribution in [0.3, 0.4) is 0 Å². The van der Waals surface area contributed by atoms with Crippen LogP contribution in [0.4, 0.5) is 11.4 Å². The van der Waals surface area contributed by atoms with Gasteiger partial charge in [0.2, 0.25) is 0 Å². The molecule has 264 valence electrons. The Labute approximate surface area is 318 Å². The summed E-state index contributed by atoms with van der Waals surface area (Å²) in [4.78, 5) is 2.58. The number of anilines is 2. The first-order chi connectivity index (χ1) is 26.0. The number of nitrogens with zero attached hydrogens (tertiary/aromatic N) is 1. The van der Waals surface area contributed by atoms with Gasteiger partial charge in [0.05, 0.1) is 11.1 Å². The van der Waals surface area contributed by atoms with E-state index in [0.717, 1.165) is 22.2 Å². The van der Waals surface area contributed by atoms with Gasteiger partial charge in [-0.05, 0) is 109 Å². The molecular formula is C52H45NO. The molecule has 0 N–H and O–H groups in total. The summed E-state index contributed by atoms with van der Waals surface area (Å²) in [5.41, 5.74) is 20.4. The van der Waals surface area contributed by atoms with Crippen LogP contribution >= 0.6 is 0 Å². The van der Waals surface area contributed by atoms with Crippen LogP contribution in [0.5, 0.6) is 0 Å². The summed E-state index contributed by atoms with van der Waals surface area (Å²) in [6, 6.07) is 45.5. The van der Waals surface area contributed by atoms with Crippen LogP contribution in [0, 0.1) is 11.8 Å². The minimum Gasteiger partial charge on any atom is -0.456 e. The monoisotopic (exact) mass is 699 g/mol. The maximum absolute atomic E-state index is 6.85. The number of fused-ring (bicyclic) bond motifs is 12. The Kier molecular flexibility index (Phi) is 6.22. The van der Waals surface area contributed by atoms with Gasteiger partial charge in [-0.2, -0.15) is 0 Å². The lowest BCUT2D eigenvalue weighted by Gasteiger charge is -2.41. The highest BCUT2D eigenvalue weighted by molar-refractivity contribution is 6.14. The van der Waals surface area contributed by atoms with Crippen molar-refractivity contribution in [2.24, 2.45) is 11.8 Å². The van der Waals surface area contributed by atoms with E-state index in [9.17, 15) is 0 Å². The molecule has 2 atom stereocenters. The molecule has 0 aliphatic heterocycles. The fourth-order valence-electron chi connectivity index (χ4n) is 11.3. The van der Waals surface area contributed by atoms with Crippen LogP contribution in [0.25, 0.3) is 49.8 Å². The van der Waals surface area contributed by atoms with Gasteiger partial charge in [-0.3, -0.25) is 0 Å². The Hall–Kier alpha value is -5.60. The Morgan fingerprint density at radius 3 is 1.85 bits per heavy atom. The van der Waals surface area contributed by atoms with Crippen LogP contribution in [-0.4, -0.2) is 0 Å². The molecule has 0 saturated heterocycles. The molecule has 4 aliphatic rings. The lowest BCUT2D eigenvalue weighted by Crippen LogP contribution is -2.35. The first kappa shape index (κ1) is 31.9. The van der Waals surface area contributed by atoms with Crippen molar-refractivity contribution in [1.82, 2.24) is 0 Å². The molecular weight excluding hydrogens is 655 g/mol. The standard InChI is InChI=1S/C52H45NO/c1-30-44(26-25-36-33-16-9-13-20-41(33)52(6,7)49(30)36)53(31-23-24-35-32-15-8-11-18-39(32)50(2,3)42(35)27-31)45-21-14-22-46-48(45)38-28-37-34-17-10-12-19-40(34)51(4,5)43(37)29-47(38)54-46/h8-30,49H,1-7H3. The normalized spacial score (nSPS) is 20.4. The minimum atomic E-state index is -0.114. The number of benzene rings is 6. The average molecular weight is 700 g/mol. The van der Waals surface area contributed by atoms with Gasteiger partial charge in [-0.25, -0.2) is 0 Å². The van der Waals surface area contributed by atoms with Crippen molar-refractivity contribution < 1.29 is 4.42 Å². The van der Waals surface area contributed by atoms with E-state index in [1.807, 2.05) is 0 Å². The van der Waals surface area contributed by atoms with E-state index in [4.69, 9.17) is 4.42 Å². The summed E-state index contributed by atoms with van der Waals surface area (Å²) in [5, 5.41) is 2.33. The van der Waals surface area contributed by atoms with Crippen molar-refractivity contribution in [3.05, 3.63) is 173 Å². The lowest BCUT2D eigenvalue weighted by molar-refractivity contribution is 0.334. The Bertz CT molecular complexity index is 2840. The first-order valence-corrected chi connectivity index (χ1v) is 19.6. The molecule has 0 saturated carbocycles. The summed E-state index contributed by atoms with van der Waals surface area (Å²) in [6.45, 7) is 16.8. The average Bonchev–Trinajstić information content (AvgIpc) is 3.81. The largest absolute Gasteiger partial charge is 0.456 e. The van der Waals surface area contributed by atoms with E-state index in [2.05, 4.69) is 187 Å². The summed E-state index contributed by atoms with van der Waals surface area (Å²) in [5.74, 6) is 0.589. The van der Waals surface area contributed by atoms with Crippen molar-refractivity contribution in [2.45, 2.75) is 64.7 Å². The van der Waals surface area contributed by atoms with E-state index in [1.165, 1.54) is 78.0 Å². The lowest BCUT2D eigenvalue weighted by atomic mass is 9.68. The molecule has 2 heteroatoms. The summed E-state index contributed by atoms with van der Waals surface area (Å²) < 4.78 is 6.85. The van der Waals surface area contributed by atoms with Crippen LogP contribution < -0.4 is 4.90 Å². The number of rotatable bonds is 3. The summed E-state index contributed by atoms with van der Waals surface area (Å²) >= 11 is 0. The fourth-order valence-corrected chi connectivity index (χ4v) is 11.3. The quantitative estimate of drug-likeness (QED) is 0.183. The third-order valence-electron chi connectivity index (χ3n) is 13.9. The zero-order valence-corrected chi connectivity index (χ0v) is 32.2.